The van der Waals surface area contributed by atoms with Crippen LogP contribution in [-0.2, 0) is 20.9 Å². The van der Waals surface area contributed by atoms with Crippen LogP contribution in [0.2, 0.25) is 0 Å². The SMILES string of the molecule is O=C(C[C@H]1C[C@H]2c3cc(NC(=O)C4CCC4)ccc3O[C@H]2[C@H](CO)O1)NCc1ccc2c(c1)OCO2. The molecular formula is C27H30N2O7. The molecule has 1 saturated heterocycles. The van der Waals surface area contributed by atoms with E-state index in [0.29, 0.717) is 24.5 Å². The van der Waals surface area contributed by atoms with Gasteiger partial charge in [-0.25, -0.2) is 0 Å². The molecule has 0 spiro atoms. The first-order chi connectivity index (χ1) is 17.6. The van der Waals surface area contributed by atoms with Gasteiger partial charge in [-0.1, -0.05) is 12.5 Å². The second kappa shape index (κ2) is 9.63. The number of hydrogen-bond acceptors (Lipinski definition) is 7. The molecule has 2 amide bonds. The van der Waals surface area contributed by atoms with Crippen molar-refractivity contribution in [1.29, 1.82) is 0 Å². The highest BCUT2D eigenvalue weighted by atomic mass is 16.7. The minimum atomic E-state index is -0.532. The summed E-state index contributed by atoms with van der Waals surface area (Å²) in [6, 6.07) is 11.3. The number of hydrogen-bond donors (Lipinski definition) is 3. The van der Waals surface area contributed by atoms with Crippen molar-refractivity contribution in [2.75, 3.05) is 18.7 Å². The Balaban J connectivity index is 1.10. The van der Waals surface area contributed by atoms with E-state index < -0.39 is 6.10 Å². The van der Waals surface area contributed by atoms with Gasteiger partial charge in [0.25, 0.3) is 0 Å². The van der Waals surface area contributed by atoms with Crippen molar-refractivity contribution in [2.45, 2.75) is 62.9 Å². The third-order valence-corrected chi connectivity index (χ3v) is 7.58. The van der Waals surface area contributed by atoms with E-state index in [9.17, 15) is 14.7 Å². The van der Waals surface area contributed by atoms with Gasteiger partial charge in [0, 0.05) is 29.6 Å². The maximum Gasteiger partial charge on any atom is 0.231 e. The summed E-state index contributed by atoms with van der Waals surface area (Å²) in [5.41, 5.74) is 2.65. The Bertz CT molecular complexity index is 1160. The van der Waals surface area contributed by atoms with Gasteiger partial charge in [-0.3, -0.25) is 9.59 Å². The average Bonchev–Trinajstić information content (AvgIpc) is 3.45. The molecule has 2 aromatic carbocycles. The highest BCUT2D eigenvalue weighted by Crippen LogP contribution is 2.47. The molecule has 190 valence electrons. The summed E-state index contributed by atoms with van der Waals surface area (Å²) in [6.45, 7) is 0.378. The van der Waals surface area contributed by atoms with Crippen LogP contribution in [0, 0.1) is 5.92 Å². The third kappa shape index (κ3) is 4.49. The van der Waals surface area contributed by atoms with Gasteiger partial charge in [-0.15, -0.1) is 0 Å². The number of amides is 2. The topological polar surface area (TPSA) is 115 Å². The van der Waals surface area contributed by atoms with Crippen LogP contribution in [0.15, 0.2) is 36.4 Å². The minimum absolute atomic E-state index is 0.0295. The molecule has 36 heavy (non-hydrogen) atoms. The molecule has 3 N–H and O–H groups in total. The van der Waals surface area contributed by atoms with Gasteiger partial charge in [0.2, 0.25) is 18.6 Å². The zero-order valence-corrected chi connectivity index (χ0v) is 19.9. The van der Waals surface area contributed by atoms with Gasteiger partial charge in [-0.05, 0) is 55.2 Å². The number of aliphatic hydroxyl groups excluding tert-OH is 1. The van der Waals surface area contributed by atoms with E-state index in [2.05, 4.69) is 10.6 Å². The molecule has 0 aromatic heterocycles. The lowest BCUT2D eigenvalue weighted by molar-refractivity contribution is -0.142. The highest BCUT2D eigenvalue weighted by molar-refractivity contribution is 5.93. The van der Waals surface area contributed by atoms with E-state index in [0.717, 1.165) is 41.8 Å². The maximum absolute atomic E-state index is 12.7. The monoisotopic (exact) mass is 494 g/mol. The lowest BCUT2D eigenvalue weighted by Gasteiger charge is -2.37. The summed E-state index contributed by atoms with van der Waals surface area (Å²) < 4.78 is 22.9. The lowest BCUT2D eigenvalue weighted by Crippen LogP contribution is -2.47. The van der Waals surface area contributed by atoms with Crippen LogP contribution in [-0.4, -0.2) is 48.6 Å². The van der Waals surface area contributed by atoms with Crippen molar-refractivity contribution in [3.63, 3.8) is 0 Å². The number of carbonyl (C=O) groups excluding carboxylic acids is 2. The average molecular weight is 495 g/mol. The Labute approximate surface area is 209 Å². The zero-order chi connectivity index (χ0) is 24.6. The largest absolute Gasteiger partial charge is 0.487 e. The van der Waals surface area contributed by atoms with Gasteiger partial charge >= 0.3 is 0 Å². The molecule has 3 aliphatic heterocycles. The summed E-state index contributed by atoms with van der Waals surface area (Å²) in [7, 11) is 0. The van der Waals surface area contributed by atoms with Gasteiger partial charge in [-0.2, -0.15) is 0 Å². The molecule has 4 atom stereocenters. The van der Waals surface area contributed by atoms with Crippen LogP contribution >= 0.6 is 0 Å². The summed E-state index contributed by atoms with van der Waals surface area (Å²) in [6.07, 6.45) is 2.54. The highest BCUT2D eigenvalue weighted by Gasteiger charge is 2.46. The normalized spacial score (nSPS) is 25.8. The van der Waals surface area contributed by atoms with E-state index in [-0.39, 0.29) is 55.7 Å². The standard InChI is InChI=1S/C27H30N2O7/c30-13-24-26-20(19-9-17(5-7-21(19)36-26)29-27(32)16-2-1-3-16)10-18(35-24)11-25(31)28-12-15-4-6-22-23(8-15)34-14-33-22/h4-9,16,18,20,24,26,30H,1-3,10-14H2,(H,28,31)(H,29,32)/t18-,20+,24+,26-/m1/s1. The molecule has 2 aromatic rings. The predicted octanol–water partition coefficient (Wildman–Crippen LogP) is 2.85. The predicted molar refractivity (Wildman–Crippen MR) is 129 cm³/mol. The second-order valence-electron chi connectivity index (χ2n) is 9.94. The van der Waals surface area contributed by atoms with E-state index in [4.69, 9.17) is 18.9 Å². The fraction of sp³-hybridized carbons (Fsp3) is 0.481. The molecule has 9 heteroatoms. The van der Waals surface area contributed by atoms with E-state index in [1.807, 2.05) is 36.4 Å². The number of ether oxygens (including phenoxy) is 4. The number of anilines is 1. The van der Waals surface area contributed by atoms with Crippen molar-refractivity contribution in [3.05, 3.63) is 47.5 Å². The van der Waals surface area contributed by atoms with Gasteiger partial charge in [0.15, 0.2) is 11.5 Å². The zero-order valence-electron chi connectivity index (χ0n) is 19.9. The maximum atomic E-state index is 12.7. The summed E-state index contributed by atoms with van der Waals surface area (Å²) in [4.78, 5) is 25.2. The number of fused-ring (bicyclic) bond motifs is 4. The first kappa shape index (κ1) is 23.1. The molecular weight excluding hydrogens is 464 g/mol. The number of aliphatic hydroxyl groups is 1. The molecule has 0 radical (unpaired) electrons. The van der Waals surface area contributed by atoms with Crippen molar-refractivity contribution in [3.8, 4) is 17.2 Å². The van der Waals surface area contributed by atoms with Crippen LogP contribution in [0.25, 0.3) is 0 Å². The van der Waals surface area contributed by atoms with E-state index >= 15 is 0 Å². The third-order valence-electron chi connectivity index (χ3n) is 7.58. The molecule has 9 nitrogen and oxygen atoms in total. The lowest BCUT2D eigenvalue weighted by atomic mass is 9.83. The van der Waals surface area contributed by atoms with Crippen LogP contribution in [0.1, 0.15) is 49.1 Å². The Morgan fingerprint density at radius 2 is 1.86 bits per heavy atom. The fourth-order valence-electron chi connectivity index (χ4n) is 5.41. The quantitative estimate of drug-likeness (QED) is 0.542. The van der Waals surface area contributed by atoms with Gasteiger partial charge in [0.1, 0.15) is 18.0 Å². The Morgan fingerprint density at radius 3 is 2.67 bits per heavy atom. The van der Waals surface area contributed by atoms with Crippen LogP contribution in [0.3, 0.4) is 0 Å². The van der Waals surface area contributed by atoms with Crippen LogP contribution in [0.4, 0.5) is 5.69 Å². The van der Waals surface area contributed by atoms with Crippen LogP contribution < -0.4 is 24.8 Å². The minimum Gasteiger partial charge on any atom is -0.487 e. The molecule has 4 aliphatic rings. The Kier molecular flexibility index (Phi) is 6.18. The van der Waals surface area contributed by atoms with Crippen molar-refractivity contribution in [2.24, 2.45) is 5.92 Å². The summed E-state index contributed by atoms with van der Waals surface area (Å²) >= 11 is 0. The number of carbonyl (C=O) groups is 2. The number of benzene rings is 2. The van der Waals surface area contributed by atoms with Gasteiger partial charge in [0.05, 0.1) is 19.1 Å². The molecule has 1 saturated carbocycles. The molecule has 0 unspecified atom stereocenters. The number of rotatable bonds is 7. The molecule has 6 rings (SSSR count). The molecule has 1 aliphatic carbocycles. The van der Waals surface area contributed by atoms with E-state index in [1.165, 1.54) is 0 Å². The summed E-state index contributed by atoms with van der Waals surface area (Å²) in [5.74, 6) is 2.12. The summed E-state index contributed by atoms with van der Waals surface area (Å²) in [5, 5.41) is 16.0. The first-order valence-corrected chi connectivity index (χ1v) is 12.6. The Morgan fingerprint density at radius 1 is 1.03 bits per heavy atom. The molecule has 2 fully saturated rings. The van der Waals surface area contributed by atoms with Crippen molar-refractivity contribution >= 4 is 17.5 Å². The van der Waals surface area contributed by atoms with Crippen molar-refractivity contribution < 1.29 is 33.6 Å². The second-order valence-corrected chi connectivity index (χ2v) is 9.94. The molecule has 3 heterocycles. The fourth-order valence-corrected chi connectivity index (χ4v) is 5.41. The number of nitrogens with one attached hydrogen (secondary N) is 2. The van der Waals surface area contributed by atoms with Gasteiger partial charge < -0.3 is 34.7 Å². The first-order valence-electron chi connectivity index (χ1n) is 12.6. The van der Waals surface area contributed by atoms with Crippen molar-refractivity contribution in [1.82, 2.24) is 5.32 Å². The van der Waals surface area contributed by atoms with E-state index in [1.54, 1.807) is 0 Å². The van der Waals surface area contributed by atoms with Crippen LogP contribution in [0.5, 0.6) is 17.2 Å². The molecule has 0 bridgehead atoms. The Hall–Kier alpha value is -3.30. The smallest absolute Gasteiger partial charge is 0.231 e.